The maximum absolute atomic E-state index is 11.9. The summed E-state index contributed by atoms with van der Waals surface area (Å²) >= 11 is 0. The number of aromatic nitrogens is 3. The van der Waals surface area contributed by atoms with Crippen LogP contribution in [0.2, 0.25) is 0 Å². The number of hydrazone groups is 1. The van der Waals surface area contributed by atoms with Crippen molar-refractivity contribution < 1.29 is 8.42 Å². The summed E-state index contributed by atoms with van der Waals surface area (Å²) in [4.78, 5) is 13.5. The van der Waals surface area contributed by atoms with Crippen molar-refractivity contribution in [3.05, 3.63) is 90.9 Å². The van der Waals surface area contributed by atoms with Crippen LogP contribution < -0.4 is 10.1 Å². The van der Waals surface area contributed by atoms with E-state index in [1.807, 2.05) is 49.4 Å². The lowest BCUT2D eigenvalue weighted by Gasteiger charge is -2.11. The van der Waals surface area contributed by atoms with E-state index in [-0.39, 0.29) is 4.90 Å². The van der Waals surface area contributed by atoms with Crippen LogP contribution in [0.15, 0.2) is 95.3 Å². The van der Waals surface area contributed by atoms with Crippen molar-refractivity contribution >= 4 is 21.6 Å². The van der Waals surface area contributed by atoms with Gasteiger partial charge in [0.1, 0.15) is 0 Å². The second-order valence-electron chi connectivity index (χ2n) is 7.10. The molecular weight excluding hydrogens is 436 g/mol. The first-order valence-electron chi connectivity index (χ1n) is 10.1. The number of hydrogen-bond acceptors (Lipinski definition) is 7. The third kappa shape index (κ3) is 5.11. The quantitative estimate of drug-likeness (QED) is 0.321. The van der Waals surface area contributed by atoms with E-state index >= 15 is 0 Å². The SMILES string of the molecule is CNS(=O)(=O)c1ccc(C(C)=NNc2nc(-c3cccnc3)ncc2-c2ccccc2)cc1. The number of anilines is 1. The highest BCUT2D eigenvalue weighted by Crippen LogP contribution is 2.28. The number of hydrogen-bond donors (Lipinski definition) is 2. The first-order valence-corrected chi connectivity index (χ1v) is 11.6. The second-order valence-corrected chi connectivity index (χ2v) is 8.99. The first-order chi connectivity index (χ1) is 16.0. The van der Waals surface area contributed by atoms with Gasteiger partial charge in [-0.1, -0.05) is 42.5 Å². The van der Waals surface area contributed by atoms with Crippen molar-refractivity contribution in [3.8, 4) is 22.5 Å². The van der Waals surface area contributed by atoms with Gasteiger partial charge in [-0.15, -0.1) is 0 Å². The van der Waals surface area contributed by atoms with E-state index in [0.717, 1.165) is 22.3 Å². The standard InChI is InChI=1S/C24H22N6O2S/c1-17(18-10-12-21(13-11-18)33(31,32)25-2)29-30-24-22(19-7-4-3-5-8-19)16-27-23(28-24)20-9-6-14-26-15-20/h3-16,25H,1-2H3,(H,27,28,30). The zero-order valence-corrected chi connectivity index (χ0v) is 18.9. The minimum Gasteiger partial charge on any atom is -0.264 e. The van der Waals surface area contributed by atoms with E-state index in [9.17, 15) is 8.42 Å². The van der Waals surface area contributed by atoms with Gasteiger partial charge in [0.2, 0.25) is 10.0 Å². The summed E-state index contributed by atoms with van der Waals surface area (Å²) in [7, 11) is -2.11. The van der Waals surface area contributed by atoms with Crippen molar-refractivity contribution in [2.24, 2.45) is 5.10 Å². The number of nitrogens with zero attached hydrogens (tertiary/aromatic N) is 4. The van der Waals surface area contributed by atoms with E-state index in [0.29, 0.717) is 17.4 Å². The Hall–Kier alpha value is -3.95. The molecule has 0 bridgehead atoms. The van der Waals surface area contributed by atoms with E-state index in [4.69, 9.17) is 0 Å². The van der Waals surface area contributed by atoms with E-state index in [1.54, 1.807) is 42.9 Å². The number of nitrogens with one attached hydrogen (secondary N) is 2. The fourth-order valence-corrected chi connectivity index (χ4v) is 3.85. The van der Waals surface area contributed by atoms with Crippen molar-refractivity contribution in [2.75, 3.05) is 12.5 Å². The average molecular weight is 459 g/mol. The van der Waals surface area contributed by atoms with Gasteiger partial charge < -0.3 is 0 Å². The highest BCUT2D eigenvalue weighted by atomic mass is 32.2. The number of rotatable bonds is 7. The molecule has 0 atom stereocenters. The summed E-state index contributed by atoms with van der Waals surface area (Å²) in [6.45, 7) is 1.83. The van der Waals surface area contributed by atoms with Crippen LogP contribution in [0.5, 0.6) is 0 Å². The topological polar surface area (TPSA) is 109 Å². The first kappa shape index (κ1) is 22.3. The maximum atomic E-state index is 11.9. The highest BCUT2D eigenvalue weighted by Gasteiger charge is 2.13. The molecule has 166 valence electrons. The van der Waals surface area contributed by atoms with Crippen LogP contribution in [-0.2, 0) is 10.0 Å². The summed E-state index contributed by atoms with van der Waals surface area (Å²) in [5.41, 5.74) is 7.06. The smallest absolute Gasteiger partial charge is 0.240 e. The van der Waals surface area contributed by atoms with Gasteiger partial charge in [0.05, 0.1) is 10.6 Å². The monoisotopic (exact) mass is 458 g/mol. The molecule has 0 unspecified atom stereocenters. The highest BCUT2D eigenvalue weighted by molar-refractivity contribution is 7.89. The predicted octanol–water partition coefficient (Wildman–Crippen LogP) is 3.95. The van der Waals surface area contributed by atoms with Crippen LogP contribution in [0.4, 0.5) is 5.82 Å². The van der Waals surface area contributed by atoms with Crippen molar-refractivity contribution in [2.45, 2.75) is 11.8 Å². The summed E-state index contributed by atoms with van der Waals surface area (Å²) < 4.78 is 26.2. The Kier molecular flexibility index (Phi) is 6.53. The van der Waals surface area contributed by atoms with Gasteiger partial charge in [-0.05, 0) is 49.4 Å². The number of sulfonamides is 1. The Morgan fingerprint density at radius 3 is 2.30 bits per heavy atom. The van der Waals surface area contributed by atoms with Gasteiger partial charge in [0.15, 0.2) is 11.6 Å². The van der Waals surface area contributed by atoms with Crippen LogP contribution in [0, 0.1) is 0 Å². The van der Waals surface area contributed by atoms with Crippen LogP contribution >= 0.6 is 0 Å². The molecule has 0 saturated carbocycles. The molecule has 4 aromatic rings. The lowest BCUT2D eigenvalue weighted by molar-refractivity contribution is 0.588. The normalized spacial score (nSPS) is 11.9. The van der Waals surface area contributed by atoms with Crippen LogP contribution in [0.3, 0.4) is 0 Å². The fourth-order valence-electron chi connectivity index (χ4n) is 3.12. The molecular formula is C24H22N6O2S. The Labute approximate surface area is 192 Å². The van der Waals surface area contributed by atoms with Crippen molar-refractivity contribution in [1.29, 1.82) is 0 Å². The molecule has 0 aliphatic carbocycles. The van der Waals surface area contributed by atoms with E-state index < -0.39 is 10.0 Å². The molecule has 0 radical (unpaired) electrons. The van der Waals surface area contributed by atoms with E-state index in [1.165, 1.54) is 7.05 Å². The molecule has 2 heterocycles. The Bertz CT molecular complexity index is 1370. The molecule has 33 heavy (non-hydrogen) atoms. The summed E-state index contributed by atoms with van der Waals surface area (Å²) in [6.07, 6.45) is 5.16. The Morgan fingerprint density at radius 2 is 1.64 bits per heavy atom. The van der Waals surface area contributed by atoms with Crippen LogP contribution in [0.1, 0.15) is 12.5 Å². The van der Waals surface area contributed by atoms with Gasteiger partial charge in [-0.25, -0.2) is 23.1 Å². The minimum absolute atomic E-state index is 0.192. The number of pyridine rings is 1. The van der Waals surface area contributed by atoms with Crippen molar-refractivity contribution in [1.82, 2.24) is 19.7 Å². The minimum atomic E-state index is -3.49. The summed E-state index contributed by atoms with van der Waals surface area (Å²) in [6, 6.07) is 20.0. The lowest BCUT2D eigenvalue weighted by atomic mass is 10.1. The van der Waals surface area contributed by atoms with Crippen molar-refractivity contribution in [3.63, 3.8) is 0 Å². The molecule has 2 aromatic carbocycles. The maximum Gasteiger partial charge on any atom is 0.240 e. The zero-order chi connectivity index (χ0) is 23.3. The third-order valence-corrected chi connectivity index (χ3v) is 6.40. The molecule has 4 rings (SSSR count). The number of benzene rings is 2. The molecule has 0 amide bonds. The molecule has 8 nitrogen and oxygen atoms in total. The molecule has 9 heteroatoms. The molecule has 2 aromatic heterocycles. The van der Waals surface area contributed by atoms with Gasteiger partial charge in [0, 0.05) is 29.7 Å². The molecule has 0 saturated heterocycles. The fraction of sp³-hybridized carbons (Fsp3) is 0.0833. The summed E-state index contributed by atoms with van der Waals surface area (Å²) in [5.74, 6) is 1.07. The van der Waals surface area contributed by atoms with Gasteiger partial charge in [-0.3, -0.25) is 10.4 Å². The van der Waals surface area contributed by atoms with Gasteiger partial charge in [0.25, 0.3) is 0 Å². The van der Waals surface area contributed by atoms with Crippen LogP contribution in [0.25, 0.3) is 22.5 Å². The average Bonchev–Trinajstić information content (AvgIpc) is 2.88. The predicted molar refractivity (Wildman–Crippen MR) is 129 cm³/mol. The molecule has 0 aliphatic rings. The molecule has 2 N–H and O–H groups in total. The van der Waals surface area contributed by atoms with E-state index in [2.05, 4.69) is 30.2 Å². The zero-order valence-electron chi connectivity index (χ0n) is 18.1. The lowest BCUT2D eigenvalue weighted by Crippen LogP contribution is -2.18. The third-order valence-electron chi connectivity index (χ3n) is 4.97. The van der Waals surface area contributed by atoms with Crippen LogP contribution in [-0.4, -0.2) is 36.1 Å². The molecule has 0 aliphatic heterocycles. The largest absolute Gasteiger partial charge is 0.264 e. The molecule has 0 fully saturated rings. The Balaban J connectivity index is 1.67. The van der Waals surface area contributed by atoms with Gasteiger partial charge >= 0.3 is 0 Å². The second kappa shape index (κ2) is 9.68. The Morgan fingerprint density at radius 1 is 0.909 bits per heavy atom. The summed E-state index contributed by atoms with van der Waals surface area (Å²) in [5, 5.41) is 4.49. The molecule has 0 spiro atoms. The van der Waals surface area contributed by atoms with Gasteiger partial charge in [-0.2, -0.15) is 5.10 Å².